The Labute approximate surface area is 179 Å². The van der Waals surface area contributed by atoms with Gasteiger partial charge in [0.25, 0.3) is 0 Å². The number of allylic oxidation sites excluding steroid dienone is 1. The zero-order valence-electron chi connectivity index (χ0n) is 17.7. The molecule has 0 aliphatic rings. The molecule has 5 heterocycles. The molecule has 0 atom stereocenters. The van der Waals surface area contributed by atoms with Crippen molar-refractivity contribution in [2.24, 2.45) is 5.41 Å². The molecule has 3 N–H and O–H groups in total. The number of aromatic nitrogens is 6. The van der Waals surface area contributed by atoms with Crippen LogP contribution >= 0.6 is 0 Å². The number of H-pyrrole nitrogens is 2. The molecule has 0 spiro atoms. The van der Waals surface area contributed by atoms with Crippen LogP contribution in [0.3, 0.4) is 0 Å². The van der Waals surface area contributed by atoms with Crippen molar-refractivity contribution in [1.29, 1.82) is 0 Å². The number of rotatable bonds is 4. The van der Waals surface area contributed by atoms with Crippen molar-refractivity contribution in [2.75, 3.05) is 5.32 Å². The van der Waals surface area contributed by atoms with Gasteiger partial charge in [-0.15, -0.1) is 0 Å². The Morgan fingerprint density at radius 1 is 1.03 bits per heavy atom. The first kappa shape index (κ1) is 19.0. The minimum absolute atomic E-state index is 0.0483. The highest BCUT2D eigenvalue weighted by Gasteiger charge is 2.16. The number of anilines is 1. The van der Waals surface area contributed by atoms with Gasteiger partial charge < -0.3 is 10.3 Å². The molecule has 7 heteroatoms. The maximum Gasteiger partial charge on any atom is 0.116 e. The fourth-order valence-electron chi connectivity index (χ4n) is 3.37. The predicted molar refractivity (Wildman–Crippen MR) is 124 cm³/mol. The number of fused-ring (bicyclic) bond motifs is 2. The van der Waals surface area contributed by atoms with Crippen molar-refractivity contribution in [2.45, 2.75) is 20.8 Å². The van der Waals surface area contributed by atoms with E-state index in [0.717, 1.165) is 56.0 Å². The van der Waals surface area contributed by atoms with E-state index in [1.165, 1.54) is 0 Å². The molecule has 0 saturated heterocycles. The van der Waals surface area contributed by atoms with Crippen LogP contribution in [0.15, 0.2) is 67.4 Å². The van der Waals surface area contributed by atoms with Gasteiger partial charge in [-0.2, -0.15) is 5.10 Å². The molecule has 5 rings (SSSR count). The van der Waals surface area contributed by atoms with Gasteiger partial charge in [0.05, 0.1) is 46.0 Å². The topological polar surface area (TPSA) is 95.2 Å². The Hall–Kier alpha value is -4.00. The Morgan fingerprint density at radius 3 is 2.71 bits per heavy atom. The lowest BCUT2D eigenvalue weighted by Crippen LogP contribution is -2.15. The van der Waals surface area contributed by atoms with Crippen LogP contribution in [0.4, 0.5) is 5.69 Å². The molecule has 0 aliphatic heterocycles. The molecule has 5 aromatic heterocycles. The summed E-state index contributed by atoms with van der Waals surface area (Å²) < 4.78 is 0. The highest BCUT2D eigenvalue weighted by Crippen LogP contribution is 2.31. The van der Waals surface area contributed by atoms with E-state index in [1.807, 2.05) is 36.5 Å². The van der Waals surface area contributed by atoms with Crippen LogP contribution in [0.1, 0.15) is 20.8 Å². The van der Waals surface area contributed by atoms with Gasteiger partial charge in [0.1, 0.15) is 5.69 Å². The summed E-state index contributed by atoms with van der Waals surface area (Å²) in [6.07, 6.45) is 7.19. The van der Waals surface area contributed by atoms with Gasteiger partial charge >= 0.3 is 0 Å². The van der Waals surface area contributed by atoms with Gasteiger partial charge in [-0.05, 0) is 30.3 Å². The number of hydrogen-bond donors (Lipinski definition) is 3. The second-order valence-electron chi connectivity index (χ2n) is 8.62. The van der Waals surface area contributed by atoms with Gasteiger partial charge in [-0.3, -0.25) is 20.1 Å². The number of pyridine rings is 3. The highest BCUT2D eigenvalue weighted by molar-refractivity contribution is 5.96. The molecule has 154 valence electrons. The van der Waals surface area contributed by atoms with E-state index in [1.54, 1.807) is 18.6 Å². The molecule has 7 nitrogen and oxygen atoms in total. The average Bonchev–Trinajstić information content (AvgIpc) is 3.36. The maximum atomic E-state index is 4.61. The SMILES string of the molecule is C=C(Nc1cncc(-c2cc3c(-c4cc5ncccc5[nH]4)n[nH]c3cn2)c1)C(C)(C)C. The van der Waals surface area contributed by atoms with Crippen molar-refractivity contribution >= 4 is 27.6 Å². The van der Waals surface area contributed by atoms with E-state index < -0.39 is 0 Å². The molecular formula is C24H23N7. The third-order valence-electron chi connectivity index (χ3n) is 5.33. The Bertz CT molecular complexity index is 1390. The van der Waals surface area contributed by atoms with Gasteiger partial charge in [0.15, 0.2) is 0 Å². The molecule has 0 unspecified atom stereocenters. The largest absolute Gasteiger partial charge is 0.358 e. The van der Waals surface area contributed by atoms with Crippen molar-refractivity contribution < 1.29 is 0 Å². The van der Waals surface area contributed by atoms with E-state index in [4.69, 9.17) is 0 Å². The molecule has 0 saturated carbocycles. The highest BCUT2D eigenvalue weighted by atomic mass is 15.1. The molecule has 31 heavy (non-hydrogen) atoms. The molecule has 0 bridgehead atoms. The van der Waals surface area contributed by atoms with E-state index in [0.29, 0.717) is 0 Å². The fraction of sp³-hybridized carbons (Fsp3) is 0.167. The lowest BCUT2D eigenvalue weighted by atomic mass is 9.93. The summed E-state index contributed by atoms with van der Waals surface area (Å²) >= 11 is 0. The summed E-state index contributed by atoms with van der Waals surface area (Å²) in [5.74, 6) is 0. The minimum Gasteiger partial charge on any atom is -0.358 e. The quantitative estimate of drug-likeness (QED) is 0.362. The monoisotopic (exact) mass is 409 g/mol. The minimum atomic E-state index is -0.0483. The molecule has 0 aromatic carbocycles. The fourth-order valence-corrected chi connectivity index (χ4v) is 3.37. The first-order valence-corrected chi connectivity index (χ1v) is 10.1. The van der Waals surface area contributed by atoms with Crippen LogP contribution in [-0.4, -0.2) is 30.1 Å². The molecular weight excluding hydrogens is 386 g/mol. The molecule has 0 aliphatic carbocycles. The normalized spacial score (nSPS) is 11.8. The summed E-state index contributed by atoms with van der Waals surface area (Å²) in [7, 11) is 0. The van der Waals surface area contributed by atoms with E-state index in [2.05, 4.69) is 62.8 Å². The van der Waals surface area contributed by atoms with E-state index in [9.17, 15) is 0 Å². The van der Waals surface area contributed by atoms with Crippen LogP contribution in [0.5, 0.6) is 0 Å². The summed E-state index contributed by atoms with van der Waals surface area (Å²) in [5.41, 5.74) is 8.00. The lowest BCUT2D eigenvalue weighted by Gasteiger charge is -2.23. The number of aromatic amines is 2. The Balaban J connectivity index is 1.54. The summed E-state index contributed by atoms with van der Waals surface area (Å²) in [6.45, 7) is 10.5. The molecule has 0 amide bonds. The number of nitrogens with one attached hydrogen (secondary N) is 3. The maximum absolute atomic E-state index is 4.61. The number of nitrogens with zero attached hydrogens (tertiary/aromatic N) is 4. The Morgan fingerprint density at radius 2 is 1.90 bits per heavy atom. The lowest BCUT2D eigenvalue weighted by molar-refractivity contribution is 0.509. The second kappa shape index (κ2) is 7.05. The van der Waals surface area contributed by atoms with Crippen LogP contribution in [0, 0.1) is 5.41 Å². The Kier molecular flexibility index (Phi) is 4.32. The van der Waals surface area contributed by atoms with Gasteiger partial charge in [-0.25, -0.2) is 0 Å². The summed E-state index contributed by atoms with van der Waals surface area (Å²) in [5, 5.41) is 11.9. The molecule has 0 radical (unpaired) electrons. The average molecular weight is 409 g/mol. The zero-order valence-corrected chi connectivity index (χ0v) is 17.7. The summed E-state index contributed by atoms with van der Waals surface area (Å²) in [4.78, 5) is 16.8. The van der Waals surface area contributed by atoms with Crippen molar-refractivity contribution in [3.05, 3.63) is 67.4 Å². The molecule has 5 aromatic rings. The van der Waals surface area contributed by atoms with E-state index >= 15 is 0 Å². The number of hydrogen-bond acceptors (Lipinski definition) is 5. The third-order valence-corrected chi connectivity index (χ3v) is 5.33. The first-order valence-electron chi connectivity index (χ1n) is 10.1. The van der Waals surface area contributed by atoms with Crippen molar-refractivity contribution in [3.8, 4) is 22.6 Å². The van der Waals surface area contributed by atoms with Crippen LogP contribution in [0.25, 0.3) is 44.6 Å². The standard InChI is InChI=1S/C24H23N7/c1-14(24(2,3)4)28-16-8-15(11-25-12-16)19-9-17-22(13-27-19)30-31-23(17)21-10-20-18(29-21)6-5-7-26-20/h5-13,28-29H,1H2,2-4H3,(H,30,31). The van der Waals surface area contributed by atoms with Gasteiger partial charge in [0.2, 0.25) is 0 Å². The second-order valence-corrected chi connectivity index (χ2v) is 8.62. The zero-order chi connectivity index (χ0) is 21.6. The van der Waals surface area contributed by atoms with Crippen LogP contribution < -0.4 is 5.32 Å². The molecule has 0 fully saturated rings. The van der Waals surface area contributed by atoms with Crippen molar-refractivity contribution in [1.82, 2.24) is 30.1 Å². The van der Waals surface area contributed by atoms with Crippen LogP contribution in [0.2, 0.25) is 0 Å². The predicted octanol–water partition coefficient (Wildman–Crippen LogP) is 5.53. The van der Waals surface area contributed by atoms with E-state index in [-0.39, 0.29) is 5.41 Å². The van der Waals surface area contributed by atoms with Gasteiger partial charge in [-0.1, -0.05) is 27.4 Å². The van der Waals surface area contributed by atoms with Crippen molar-refractivity contribution in [3.63, 3.8) is 0 Å². The van der Waals surface area contributed by atoms with Crippen LogP contribution in [-0.2, 0) is 0 Å². The third kappa shape index (κ3) is 3.54. The smallest absolute Gasteiger partial charge is 0.116 e. The summed E-state index contributed by atoms with van der Waals surface area (Å²) in [6, 6.07) is 9.99. The van der Waals surface area contributed by atoms with Gasteiger partial charge in [0, 0.05) is 34.5 Å². The first-order chi connectivity index (χ1) is 14.9.